The summed E-state index contributed by atoms with van der Waals surface area (Å²) in [4.78, 5) is 34.9. The zero-order valence-corrected chi connectivity index (χ0v) is 15.0. The summed E-state index contributed by atoms with van der Waals surface area (Å²) >= 11 is 0. The number of carbonyl (C=O) groups excluding carboxylic acids is 3. The van der Waals surface area contributed by atoms with E-state index in [1.165, 1.54) is 12.1 Å². The first kappa shape index (κ1) is 20.8. The Balaban J connectivity index is 1.71. The summed E-state index contributed by atoms with van der Waals surface area (Å²) < 4.78 is 30.7. The Morgan fingerprint density at radius 1 is 1.04 bits per heavy atom. The fraction of sp³-hybridized carbons (Fsp3) is 0.150. The molecule has 6 nitrogen and oxygen atoms in total. The Labute approximate surface area is 160 Å². The number of rotatable bonds is 7. The minimum atomic E-state index is -1.10. The van der Waals surface area contributed by atoms with Crippen LogP contribution in [0, 0.1) is 18.6 Å². The molecule has 0 bridgehead atoms. The van der Waals surface area contributed by atoms with Crippen molar-refractivity contribution in [3.8, 4) is 0 Å². The number of aryl methyl sites for hydroxylation is 1. The van der Waals surface area contributed by atoms with E-state index in [0.29, 0.717) is 0 Å². The summed E-state index contributed by atoms with van der Waals surface area (Å²) in [6.45, 7) is 0.910. The van der Waals surface area contributed by atoms with Gasteiger partial charge < -0.3 is 15.4 Å². The predicted octanol–water partition coefficient (Wildman–Crippen LogP) is 2.58. The van der Waals surface area contributed by atoms with Crippen molar-refractivity contribution in [2.75, 3.05) is 18.5 Å². The van der Waals surface area contributed by atoms with Crippen LogP contribution in [-0.2, 0) is 19.1 Å². The monoisotopic (exact) mass is 388 g/mol. The lowest BCUT2D eigenvalue weighted by molar-refractivity contribution is -0.143. The Kier molecular flexibility index (Phi) is 7.38. The van der Waals surface area contributed by atoms with Crippen LogP contribution in [0.5, 0.6) is 0 Å². The SMILES string of the molecule is Cc1ccccc1/C=C/C(=O)OCC(=O)NCC(=O)Nc1ccc(F)c(F)c1. The van der Waals surface area contributed by atoms with Crippen LogP contribution in [-0.4, -0.2) is 30.9 Å². The first-order chi connectivity index (χ1) is 13.3. The number of esters is 1. The van der Waals surface area contributed by atoms with Crippen molar-refractivity contribution in [2.24, 2.45) is 0 Å². The Hall–Kier alpha value is -3.55. The number of halogens is 2. The molecular formula is C20H18F2N2O4. The maximum Gasteiger partial charge on any atom is 0.331 e. The van der Waals surface area contributed by atoms with E-state index in [1.807, 2.05) is 31.2 Å². The van der Waals surface area contributed by atoms with Gasteiger partial charge in [0.15, 0.2) is 18.2 Å². The molecule has 0 radical (unpaired) electrons. The maximum atomic E-state index is 13.1. The van der Waals surface area contributed by atoms with Crippen molar-refractivity contribution in [3.63, 3.8) is 0 Å². The molecule has 8 heteroatoms. The maximum absolute atomic E-state index is 13.1. The van der Waals surface area contributed by atoms with Crippen molar-refractivity contribution >= 4 is 29.5 Å². The largest absolute Gasteiger partial charge is 0.452 e. The Morgan fingerprint density at radius 2 is 1.79 bits per heavy atom. The van der Waals surface area contributed by atoms with E-state index in [-0.39, 0.29) is 5.69 Å². The fourth-order valence-corrected chi connectivity index (χ4v) is 2.13. The van der Waals surface area contributed by atoms with Crippen molar-refractivity contribution in [2.45, 2.75) is 6.92 Å². The smallest absolute Gasteiger partial charge is 0.331 e. The molecule has 2 rings (SSSR count). The second-order valence-electron chi connectivity index (χ2n) is 5.75. The molecule has 146 valence electrons. The molecular weight excluding hydrogens is 370 g/mol. The molecule has 0 atom stereocenters. The summed E-state index contributed by atoms with van der Waals surface area (Å²) in [7, 11) is 0. The van der Waals surface area contributed by atoms with Gasteiger partial charge in [-0.2, -0.15) is 0 Å². The van der Waals surface area contributed by atoms with E-state index in [2.05, 4.69) is 10.6 Å². The van der Waals surface area contributed by atoms with Crippen LogP contribution < -0.4 is 10.6 Å². The predicted molar refractivity (Wildman–Crippen MR) is 99.2 cm³/mol. The highest BCUT2D eigenvalue weighted by molar-refractivity contribution is 5.95. The van der Waals surface area contributed by atoms with Crippen molar-refractivity contribution in [1.29, 1.82) is 0 Å². The molecule has 0 aliphatic carbocycles. The Bertz CT molecular complexity index is 913. The first-order valence-corrected chi connectivity index (χ1v) is 8.27. The number of amides is 2. The summed E-state index contributed by atoms with van der Waals surface area (Å²) in [5, 5.41) is 4.54. The number of anilines is 1. The van der Waals surface area contributed by atoms with Crippen LogP contribution in [0.2, 0.25) is 0 Å². The highest BCUT2D eigenvalue weighted by Crippen LogP contribution is 2.12. The summed E-state index contributed by atoms with van der Waals surface area (Å²) in [5.41, 5.74) is 1.88. The molecule has 0 fully saturated rings. The van der Waals surface area contributed by atoms with Gasteiger partial charge in [-0.1, -0.05) is 24.3 Å². The lowest BCUT2D eigenvalue weighted by Gasteiger charge is -2.07. The third-order valence-corrected chi connectivity index (χ3v) is 3.58. The first-order valence-electron chi connectivity index (χ1n) is 8.27. The van der Waals surface area contributed by atoms with E-state index in [0.717, 1.165) is 23.3 Å². The van der Waals surface area contributed by atoms with Crippen LogP contribution in [0.15, 0.2) is 48.5 Å². The van der Waals surface area contributed by atoms with Gasteiger partial charge >= 0.3 is 5.97 Å². The van der Waals surface area contributed by atoms with Gasteiger partial charge in [0.05, 0.1) is 6.54 Å². The molecule has 0 heterocycles. The second-order valence-corrected chi connectivity index (χ2v) is 5.75. The molecule has 2 aromatic carbocycles. The second kappa shape index (κ2) is 9.96. The van der Waals surface area contributed by atoms with Gasteiger partial charge in [0, 0.05) is 17.8 Å². The molecule has 0 saturated carbocycles. The molecule has 0 spiro atoms. The average Bonchev–Trinajstić information content (AvgIpc) is 2.67. The van der Waals surface area contributed by atoms with E-state index < -0.39 is 42.6 Å². The van der Waals surface area contributed by atoms with Gasteiger partial charge in [-0.05, 0) is 36.3 Å². The van der Waals surface area contributed by atoms with Crippen LogP contribution in [0.25, 0.3) is 6.08 Å². The summed E-state index contributed by atoms with van der Waals surface area (Å²) in [5.74, 6) is -4.18. The summed E-state index contributed by atoms with van der Waals surface area (Å²) in [6.07, 6.45) is 2.77. The number of hydrogen-bond acceptors (Lipinski definition) is 4. The van der Waals surface area contributed by atoms with Gasteiger partial charge in [-0.25, -0.2) is 13.6 Å². The molecule has 0 unspecified atom stereocenters. The lowest BCUT2D eigenvalue weighted by Crippen LogP contribution is -2.35. The zero-order chi connectivity index (χ0) is 20.5. The molecule has 2 N–H and O–H groups in total. The number of benzene rings is 2. The van der Waals surface area contributed by atoms with Gasteiger partial charge in [0.2, 0.25) is 5.91 Å². The van der Waals surface area contributed by atoms with Gasteiger partial charge in [-0.15, -0.1) is 0 Å². The quantitative estimate of drug-likeness (QED) is 0.564. The van der Waals surface area contributed by atoms with E-state index in [9.17, 15) is 23.2 Å². The van der Waals surface area contributed by atoms with Crippen LogP contribution in [0.4, 0.5) is 14.5 Å². The molecule has 0 aliphatic heterocycles. The summed E-state index contributed by atoms with van der Waals surface area (Å²) in [6, 6.07) is 10.3. The molecule has 2 aromatic rings. The third kappa shape index (κ3) is 6.64. The van der Waals surface area contributed by atoms with Gasteiger partial charge in [0.25, 0.3) is 5.91 Å². The molecule has 0 saturated heterocycles. The molecule has 2 amide bonds. The normalized spacial score (nSPS) is 10.5. The average molecular weight is 388 g/mol. The number of carbonyl (C=O) groups is 3. The van der Waals surface area contributed by atoms with E-state index >= 15 is 0 Å². The standard InChI is InChI=1S/C20H18F2N2O4/c1-13-4-2-3-5-14(13)6-9-20(27)28-12-19(26)23-11-18(25)24-15-7-8-16(21)17(22)10-15/h2-10H,11-12H2,1H3,(H,23,26)(H,24,25)/b9-6+. The van der Waals surface area contributed by atoms with Crippen molar-refractivity contribution < 1.29 is 27.9 Å². The molecule has 0 aliphatic rings. The Morgan fingerprint density at radius 3 is 2.50 bits per heavy atom. The van der Waals surface area contributed by atoms with E-state index in [1.54, 1.807) is 6.08 Å². The number of nitrogens with one attached hydrogen (secondary N) is 2. The minimum Gasteiger partial charge on any atom is -0.452 e. The zero-order valence-electron chi connectivity index (χ0n) is 15.0. The van der Waals surface area contributed by atoms with Gasteiger partial charge in [0.1, 0.15) is 0 Å². The highest BCUT2D eigenvalue weighted by Gasteiger charge is 2.09. The van der Waals surface area contributed by atoms with Gasteiger partial charge in [-0.3, -0.25) is 9.59 Å². The number of ether oxygens (including phenoxy) is 1. The van der Waals surface area contributed by atoms with Crippen LogP contribution >= 0.6 is 0 Å². The van der Waals surface area contributed by atoms with Crippen LogP contribution in [0.3, 0.4) is 0 Å². The van der Waals surface area contributed by atoms with Crippen molar-refractivity contribution in [1.82, 2.24) is 5.32 Å². The molecule has 28 heavy (non-hydrogen) atoms. The van der Waals surface area contributed by atoms with Crippen LogP contribution in [0.1, 0.15) is 11.1 Å². The number of hydrogen-bond donors (Lipinski definition) is 2. The highest BCUT2D eigenvalue weighted by atomic mass is 19.2. The molecule has 0 aromatic heterocycles. The van der Waals surface area contributed by atoms with E-state index in [4.69, 9.17) is 4.74 Å². The lowest BCUT2D eigenvalue weighted by atomic mass is 10.1. The third-order valence-electron chi connectivity index (χ3n) is 3.58. The minimum absolute atomic E-state index is 0.0471. The van der Waals surface area contributed by atoms with Crippen molar-refractivity contribution in [3.05, 3.63) is 71.3 Å². The topological polar surface area (TPSA) is 84.5 Å². The fourth-order valence-electron chi connectivity index (χ4n) is 2.13.